The van der Waals surface area contributed by atoms with E-state index in [1.165, 1.54) is 15.9 Å². The van der Waals surface area contributed by atoms with Gasteiger partial charge in [-0.15, -0.1) is 15.0 Å². The first-order valence-corrected chi connectivity index (χ1v) is 10.2. The van der Waals surface area contributed by atoms with Gasteiger partial charge in [0.1, 0.15) is 22.5 Å². The van der Waals surface area contributed by atoms with Crippen LogP contribution in [0, 0.1) is 20.8 Å². The van der Waals surface area contributed by atoms with Crippen molar-refractivity contribution in [1.82, 2.24) is 15.0 Å². The molecule has 4 heteroatoms. The van der Waals surface area contributed by atoms with Crippen LogP contribution in [0.5, 0.6) is 5.75 Å². The Morgan fingerprint density at radius 3 is 1.90 bits per heavy atom. The molecule has 1 aromatic heterocycles. The number of phenols is 1. The first kappa shape index (κ1) is 20.6. The van der Waals surface area contributed by atoms with Crippen molar-refractivity contribution in [3.63, 3.8) is 0 Å². The van der Waals surface area contributed by atoms with E-state index in [2.05, 4.69) is 55.2 Å². The van der Waals surface area contributed by atoms with Gasteiger partial charge in [-0.2, -0.15) is 0 Å². The number of phenolic OH excluding ortho intramolecular Hbond substituents is 1. The summed E-state index contributed by atoms with van der Waals surface area (Å²) in [6, 6.07) is 20.0. The van der Waals surface area contributed by atoms with Gasteiger partial charge in [-0.1, -0.05) is 55.8 Å². The minimum Gasteiger partial charge on any atom is -0.505 e. The summed E-state index contributed by atoms with van der Waals surface area (Å²) in [5.74, 6) is 0.286. The van der Waals surface area contributed by atoms with Crippen molar-refractivity contribution in [1.29, 1.82) is 0 Å². The lowest BCUT2D eigenvalue weighted by Gasteiger charge is -2.10. The van der Waals surface area contributed by atoms with E-state index in [0.29, 0.717) is 5.69 Å². The lowest BCUT2D eigenvalue weighted by molar-refractivity contribution is 0.459. The van der Waals surface area contributed by atoms with Crippen molar-refractivity contribution in [2.45, 2.75) is 47.0 Å². The summed E-state index contributed by atoms with van der Waals surface area (Å²) in [5, 5.41) is 19.4. The molecule has 0 saturated carbocycles. The molecule has 0 spiro atoms. The van der Waals surface area contributed by atoms with Crippen LogP contribution in [0.15, 0.2) is 60.7 Å². The monoisotopic (exact) mass is 387 g/mol. The van der Waals surface area contributed by atoms with E-state index in [-0.39, 0.29) is 5.75 Å². The first-order chi connectivity index (χ1) is 14.0. The molecule has 0 atom stereocenters. The zero-order valence-corrected chi connectivity index (χ0v) is 17.7. The average molecular weight is 388 g/mol. The van der Waals surface area contributed by atoms with Gasteiger partial charge in [0.05, 0.1) is 0 Å². The highest BCUT2D eigenvalue weighted by molar-refractivity contribution is 5.73. The number of hydrogen-bond donors (Lipinski definition) is 1. The normalized spacial score (nSPS) is 10.6. The van der Waals surface area contributed by atoms with E-state index < -0.39 is 0 Å². The Kier molecular flexibility index (Phi) is 6.65. The van der Waals surface area contributed by atoms with Gasteiger partial charge in [-0.3, -0.25) is 0 Å². The fourth-order valence-corrected chi connectivity index (χ4v) is 3.17. The summed E-state index contributed by atoms with van der Waals surface area (Å²) in [6.45, 7) is 8.42. The van der Waals surface area contributed by atoms with Crippen molar-refractivity contribution in [3.05, 3.63) is 82.9 Å². The molecule has 4 nitrogen and oxygen atoms in total. The van der Waals surface area contributed by atoms with Crippen molar-refractivity contribution in [3.8, 4) is 11.4 Å². The largest absolute Gasteiger partial charge is 0.505 e. The molecule has 4 aromatic rings. The topological polar surface area (TPSA) is 50.9 Å². The van der Waals surface area contributed by atoms with Gasteiger partial charge in [0.25, 0.3) is 0 Å². The van der Waals surface area contributed by atoms with Crippen LogP contribution < -0.4 is 0 Å². The lowest BCUT2D eigenvalue weighted by atomic mass is 10.0. The Labute approximate surface area is 172 Å². The molecule has 0 unspecified atom stereocenters. The maximum absolute atomic E-state index is 10.5. The van der Waals surface area contributed by atoms with Crippen LogP contribution >= 0.6 is 0 Å². The van der Waals surface area contributed by atoms with E-state index in [9.17, 15) is 5.11 Å². The number of aromatic nitrogens is 3. The van der Waals surface area contributed by atoms with Gasteiger partial charge in [0.2, 0.25) is 0 Å². The SMILES string of the molecule is CCCCc1cc(C)cc(-n2nc3ccccc3n2)c1O.Cc1ccccc1C. The van der Waals surface area contributed by atoms with E-state index in [1.54, 1.807) is 0 Å². The van der Waals surface area contributed by atoms with Crippen LogP contribution in [0.4, 0.5) is 0 Å². The molecule has 0 aliphatic carbocycles. The second-order valence-electron chi connectivity index (χ2n) is 7.46. The molecule has 0 bridgehead atoms. The molecular weight excluding hydrogens is 358 g/mol. The Bertz CT molecular complexity index is 1040. The van der Waals surface area contributed by atoms with Gasteiger partial charge in [-0.25, -0.2) is 0 Å². The average Bonchev–Trinajstić information content (AvgIpc) is 3.15. The van der Waals surface area contributed by atoms with Crippen molar-refractivity contribution in [2.75, 3.05) is 0 Å². The van der Waals surface area contributed by atoms with Crippen molar-refractivity contribution in [2.24, 2.45) is 0 Å². The molecule has 4 rings (SSSR count). The number of unbranched alkanes of at least 4 members (excludes halogenated alkanes) is 1. The van der Waals surface area contributed by atoms with Gasteiger partial charge in [0, 0.05) is 0 Å². The molecule has 150 valence electrons. The highest BCUT2D eigenvalue weighted by Gasteiger charge is 2.13. The summed E-state index contributed by atoms with van der Waals surface area (Å²) in [4.78, 5) is 1.53. The fourth-order valence-electron chi connectivity index (χ4n) is 3.17. The number of aryl methyl sites for hydroxylation is 4. The van der Waals surface area contributed by atoms with Crippen LogP contribution in [-0.4, -0.2) is 20.1 Å². The van der Waals surface area contributed by atoms with Crippen molar-refractivity contribution < 1.29 is 5.11 Å². The summed E-state index contributed by atoms with van der Waals surface area (Å²) in [7, 11) is 0. The quantitative estimate of drug-likeness (QED) is 0.461. The second kappa shape index (κ2) is 9.37. The molecule has 1 N–H and O–H groups in total. The molecular formula is C25H29N3O. The molecule has 0 radical (unpaired) electrons. The number of rotatable bonds is 4. The van der Waals surface area contributed by atoms with Gasteiger partial charge < -0.3 is 5.11 Å². The smallest absolute Gasteiger partial charge is 0.146 e. The maximum atomic E-state index is 10.5. The zero-order valence-electron chi connectivity index (χ0n) is 17.7. The van der Waals surface area contributed by atoms with E-state index >= 15 is 0 Å². The minimum absolute atomic E-state index is 0.286. The lowest BCUT2D eigenvalue weighted by Crippen LogP contribution is -2.02. The predicted molar refractivity (Wildman–Crippen MR) is 120 cm³/mol. The summed E-state index contributed by atoms with van der Waals surface area (Å²) >= 11 is 0. The van der Waals surface area contributed by atoms with Crippen molar-refractivity contribution >= 4 is 11.0 Å². The Morgan fingerprint density at radius 1 is 0.828 bits per heavy atom. The zero-order chi connectivity index (χ0) is 20.8. The molecule has 29 heavy (non-hydrogen) atoms. The number of aromatic hydroxyl groups is 1. The summed E-state index contributed by atoms with van der Waals surface area (Å²) in [6.07, 6.45) is 3.04. The van der Waals surface area contributed by atoms with Gasteiger partial charge in [-0.05, 0) is 74.1 Å². The van der Waals surface area contributed by atoms with Crippen LogP contribution in [0.2, 0.25) is 0 Å². The number of hydrogen-bond acceptors (Lipinski definition) is 3. The third-order valence-electron chi connectivity index (χ3n) is 5.04. The van der Waals surface area contributed by atoms with Gasteiger partial charge in [0.15, 0.2) is 0 Å². The molecule has 0 amide bonds. The maximum Gasteiger partial charge on any atom is 0.146 e. The van der Waals surface area contributed by atoms with E-state index in [1.807, 2.05) is 43.3 Å². The second-order valence-corrected chi connectivity index (χ2v) is 7.46. The standard InChI is InChI=1S/C17H19N3O.C8H10/c1-3-4-7-13-10-12(2)11-16(17(13)21)20-18-14-8-5-6-9-15(14)19-20;1-7-5-3-4-6-8(7)2/h5-6,8-11,21H,3-4,7H2,1-2H3;3-6H,1-2H3. The number of nitrogens with zero attached hydrogens (tertiary/aromatic N) is 3. The highest BCUT2D eigenvalue weighted by Crippen LogP contribution is 2.29. The fraction of sp³-hybridized carbons (Fsp3) is 0.280. The molecule has 1 heterocycles. The summed E-state index contributed by atoms with van der Waals surface area (Å²) < 4.78 is 0. The Morgan fingerprint density at radius 2 is 1.38 bits per heavy atom. The third-order valence-corrected chi connectivity index (χ3v) is 5.04. The molecule has 0 aliphatic rings. The third kappa shape index (κ3) is 5.02. The van der Waals surface area contributed by atoms with Crippen LogP contribution in [0.1, 0.15) is 42.0 Å². The number of fused-ring (bicyclic) bond motifs is 1. The minimum atomic E-state index is 0.286. The van der Waals surface area contributed by atoms with Crippen LogP contribution in [-0.2, 0) is 6.42 Å². The van der Waals surface area contributed by atoms with E-state index in [4.69, 9.17) is 0 Å². The molecule has 3 aromatic carbocycles. The van der Waals surface area contributed by atoms with Crippen LogP contribution in [0.3, 0.4) is 0 Å². The summed E-state index contributed by atoms with van der Waals surface area (Å²) in [5.41, 5.74) is 7.11. The van der Waals surface area contributed by atoms with E-state index in [0.717, 1.165) is 41.4 Å². The Balaban J connectivity index is 0.000000252. The van der Waals surface area contributed by atoms with Gasteiger partial charge >= 0.3 is 0 Å². The first-order valence-electron chi connectivity index (χ1n) is 10.2. The predicted octanol–water partition coefficient (Wildman–Crippen LogP) is 6.08. The van der Waals surface area contributed by atoms with Crippen LogP contribution in [0.25, 0.3) is 16.7 Å². The highest BCUT2D eigenvalue weighted by atomic mass is 16.3. The Hall–Kier alpha value is -3.14. The molecule has 0 fully saturated rings. The number of benzene rings is 3. The molecule has 0 aliphatic heterocycles. The molecule has 0 saturated heterocycles.